The normalized spacial score (nSPS) is 12.1. The fourth-order valence-corrected chi connectivity index (χ4v) is 5.43. The van der Waals surface area contributed by atoms with Gasteiger partial charge in [-0.2, -0.15) is 0 Å². The Morgan fingerprint density at radius 3 is 1.89 bits per heavy atom. The molecule has 5 nitrogen and oxygen atoms in total. The molecule has 0 bridgehead atoms. The number of hydrogen-bond acceptors (Lipinski definition) is 5. The Bertz CT molecular complexity index is 1360. The van der Waals surface area contributed by atoms with Gasteiger partial charge in [0.15, 0.2) is 0 Å². The van der Waals surface area contributed by atoms with E-state index in [0.717, 1.165) is 38.5 Å². The maximum Gasteiger partial charge on any atom is 0.333 e. The van der Waals surface area contributed by atoms with Crippen LogP contribution in [0.3, 0.4) is 0 Å². The largest absolute Gasteiger partial charge is 0.462 e. The highest BCUT2D eigenvalue weighted by Crippen LogP contribution is 2.23. The van der Waals surface area contributed by atoms with Gasteiger partial charge in [0, 0.05) is 24.2 Å². The molecule has 0 fully saturated rings. The lowest BCUT2D eigenvalue weighted by Crippen LogP contribution is -2.20. The molecule has 2 unspecified atom stereocenters. The average molecular weight is 629 g/mol. The van der Waals surface area contributed by atoms with Crippen molar-refractivity contribution < 1.29 is 24.2 Å². The molecular formula is C41H56O5. The van der Waals surface area contributed by atoms with Crippen LogP contribution in [-0.2, 0) is 44.7 Å². The molecule has 0 aromatic heterocycles. The number of benzene rings is 3. The highest BCUT2D eigenvalue weighted by Gasteiger charge is 2.16. The molecule has 0 saturated carbocycles. The van der Waals surface area contributed by atoms with Crippen LogP contribution in [0.1, 0.15) is 81.5 Å². The lowest BCUT2D eigenvalue weighted by Gasteiger charge is -2.20. The maximum atomic E-state index is 11.8. The van der Waals surface area contributed by atoms with Gasteiger partial charge in [-0.25, -0.2) is 4.79 Å². The molecule has 1 N–H and O–H groups in total. The van der Waals surface area contributed by atoms with Crippen LogP contribution in [0.15, 0.2) is 85.0 Å². The van der Waals surface area contributed by atoms with Gasteiger partial charge >= 0.3 is 5.97 Å². The summed E-state index contributed by atoms with van der Waals surface area (Å²) in [5.41, 5.74) is 6.31. The van der Waals surface area contributed by atoms with E-state index in [2.05, 4.69) is 87.7 Å². The first-order valence-electron chi connectivity index (χ1n) is 16.9. The molecule has 0 amide bonds. The molecule has 2 atom stereocenters. The Morgan fingerprint density at radius 2 is 1.37 bits per heavy atom. The first kappa shape index (κ1) is 38.6. The first-order valence-corrected chi connectivity index (χ1v) is 16.9. The molecule has 0 radical (unpaired) electrons. The molecule has 0 spiro atoms. The van der Waals surface area contributed by atoms with Gasteiger partial charge < -0.3 is 14.6 Å². The molecule has 3 aromatic rings. The molecular weight excluding hydrogens is 572 g/mol. The number of aliphatic hydroxyl groups is 1. The van der Waals surface area contributed by atoms with Crippen LogP contribution < -0.4 is 0 Å². The van der Waals surface area contributed by atoms with Gasteiger partial charge in [-0.15, -0.1) is 0 Å². The Morgan fingerprint density at radius 1 is 0.804 bits per heavy atom. The third-order valence-electron chi connectivity index (χ3n) is 8.42. The zero-order valence-corrected chi connectivity index (χ0v) is 28.7. The van der Waals surface area contributed by atoms with Crippen molar-refractivity contribution in [2.75, 3.05) is 26.9 Å². The number of methoxy groups -OCH3 is 1. The molecule has 3 aromatic carbocycles. The van der Waals surface area contributed by atoms with Crippen molar-refractivity contribution in [2.24, 2.45) is 11.8 Å². The molecule has 5 heteroatoms. The van der Waals surface area contributed by atoms with E-state index in [1.54, 1.807) is 14.0 Å². The summed E-state index contributed by atoms with van der Waals surface area (Å²) in [6, 6.07) is 23.1. The standard InChI is InChI=1S/C37H50O3.C4H6O2/c1-6-8-9-10-31-19-21-36-25-33(20-22-35(36)24-31)17-14-30-12-15-32(16-13-30)23-29(7-2)11-18-34(26-39-5)27-40-37(38)28(3)4;1-4(2-5)3-6/h12-13,15-16,19-22,24-25,29,34H,3,6-11,14,17-18,23,26-27H2,1-2,4-5H3;2,6H,1,3H2. The van der Waals surface area contributed by atoms with Crippen LogP contribution in [-0.4, -0.2) is 44.3 Å². The lowest BCUT2D eigenvalue weighted by molar-refractivity contribution is -0.140. The molecule has 3 rings (SSSR count). The second-order valence-electron chi connectivity index (χ2n) is 12.5. The third-order valence-corrected chi connectivity index (χ3v) is 8.42. The average Bonchev–Trinajstić information content (AvgIpc) is 3.08. The van der Waals surface area contributed by atoms with Gasteiger partial charge in [-0.3, -0.25) is 4.79 Å². The molecule has 0 aliphatic rings. The number of fused-ring (bicyclic) bond motifs is 1. The highest BCUT2D eigenvalue weighted by molar-refractivity contribution is 5.87. The Hall–Kier alpha value is -3.54. The maximum absolute atomic E-state index is 11.8. The van der Waals surface area contributed by atoms with Gasteiger partial charge in [0.2, 0.25) is 0 Å². The number of hydrogen-bond donors (Lipinski definition) is 1. The fraction of sp³-hybridized carbons (Fsp3) is 0.463. The molecule has 0 heterocycles. The summed E-state index contributed by atoms with van der Waals surface area (Å²) in [4.78, 5) is 21.3. The van der Waals surface area contributed by atoms with E-state index in [4.69, 9.17) is 14.6 Å². The van der Waals surface area contributed by atoms with Crippen LogP contribution in [0.25, 0.3) is 10.8 Å². The lowest BCUT2D eigenvalue weighted by atomic mass is 9.89. The minimum absolute atomic E-state index is 0.215. The van der Waals surface area contributed by atoms with Gasteiger partial charge in [0.05, 0.1) is 19.8 Å². The monoisotopic (exact) mass is 628 g/mol. The number of esters is 1. The topological polar surface area (TPSA) is 72.8 Å². The van der Waals surface area contributed by atoms with E-state index in [9.17, 15) is 9.59 Å². The number of aryl methyl sites for hydroxylation is 3. The Labute approximate surface area is 277 Å². The van der Waals surface area contributed by atoms with E-state index in [0.29, 0.717) is 31.0 Å². The number of carbonyl (C=O) groups is 2. The van der Waals surface area contributed by atoms with Crippen LogP contribution >= 0.6 is 0 Å². The van der Waals surface area contributed by atoms with Gasteiger partial charge in [0.1, 0.15) is 6.29 Å². The van der Waals surface area contributed by atoms with Crippen molar-refractivity contribution in [1.29, 1.82) is 0 Å². The summed E-state index contributed by atoms with van der Waals surface area (Å²) >= 11 is 0. The van der Waals surface area contributed by atoms with Gasteiger partial charge in [-0.05, 0) is 90.8 Å². The van der Waals surface area contributed by atoms with Crippen molar-refractivity contribution in [1.82, 2.24) is 0 Å². The van der Waals surface area contributed by atoms with Crippen molar-refractivity contribution in [2.45, 2.75) is 85.0 Å². The van der Waals surface area contributed by atoms with E-state index in [1.807, 2.05) is 0 Å². The summed E-state index contributed by atoms with van der Waals surface area (Å²) in [6.45, 7) is 13.8. The summed E-state index contributed by atoms with van der Waals surface area (Å²) in [5.74, 6) is 0.500. The molecule has 46 heavy (non-hydrogen) atoms. The van der Waals surface area contributed by atoms with E-state index < -0.39 is 0 Å². The molecule has 0 aliphatic heterocycles. The summed E-state index contributed by atoms with van der Waals surface area (Å²) in [7, 11) is 1.71. The molecule has 0 saturated heterocycles. The minimum Gasteiger partial charge on any atom is -0.462 e. The number of aldehydes is 1. The predicted molar refractivity (Wildman–Crippen MR) is 191 cm³/mol. The second-order valence-corrected chi connectivity index (χ2v) is 12.5. The van der Waals surface area contributed by atoms with E-state index in [1.165, 1.54) is 58.7 Å². The molecule has 250 valence electrons. The zero-order chi connectivity index (χ0) is 33.7. The van der Waals surface area contributed by atoms with Crippen LogP contribution in [0, 0.1) is 11.8 Å². The fourth-order valence-electron chi connectivity index (χ4n) is 5.43. The first-order chi connectivity index (χ1) is 22.2. The smallest absolute Gasteiger partial charge is 0.333 e. The highest BCUT2D eigenvalue weighted by atomic mass is 16.5. The van der Waals surface area contributed by atoms with Gasteiger partial charge in [0.25, 0.3) is 0 Å². The summed E-state index contributed by atoms with van der Waals surface area (Å²) in [6.07, 6.45) is 12.0. The summed E-state index contributed by atoms with van der Waals surface area (Å²) < 4.78 is 10.8. The number of ether oxygens (including phenoxy) is 2. The minimum atomic E-state index is -0.319. The summed E-state index contributed by atoms with van der Waals surface area (Å²) in [5, 5.41) is 10.7. The number of unbranched alkanes of at least 4 members (excludes halogenated alkanes) is 2. The van der Waals surface area contributed by atoms with Crippen molar-refractivity contribution in [3.8, 4) is 0 Å². The zero-order valence-electron chi connectivity index (χ0n) is 28.7. The van der Waals surface area contributed by atoms with Gasteiger partial charge in [-0.1, -0.05) is 107 Å². The predicted octanol–water partition coefficient (Wildman–Crippen LogP) is 8.82. The molecule has 0 aliphatic carbocycles. The third kappa shape index (κ3) is 14.7. The van der Waals surface area contributed by atoms with E-state index in [-0.39, 0.29) is 24.1 Å². The van der Waals surface area contributed by atoms with Crippen molar-refractivity contribution >= 4 is 23.0 Å². The van der Waals surface area contributed by atoms with Crippen molar-refractivity contribution in [3.05, 3.63) is 107 Å². The van der Waals surface area contributed by atoms with Crippen LogP contribution in [0.2, 0.25) is 0 Å². The second kappa shape index (κ2) is 22.1. The number of rotatable bonds is 20. The van der Waals surface area contributed by atoms with Crippen LogP contribution in [0.4, 0.5) is 0 Å². The Kier molecular flexibility index (Phi) is 18.5. The number of carbonyl (C=O) groups excluding carboxylic acids is 2. The van der Waals surface area contributed by atoms with Crippen molar-refractivity contribution in [3.63, 3.8) is 0 Å². The van der Waals surface area contributed by atoms with Crippen LogP contribution in [0.5, 0.6) is 0 Å². The number of aliphatic hydroxyl groups excluding tert-OH is 1. The van der Waals surface area contributed by atoms with E-state index >= 15 is 0 Å². The Balaban J connectivity index is 0.00000112. The SMILES string of the molecule is C=C(C)C(=O)OCC(CCC(CC)Cc1ccc(CCc2ccc3cc(CCCCC)ccc3c2)cc1)COC.C=C(C=O)CO. The quantitative estimate of drug-likeness (QED) is 0.0586.